The standard InChI is InChI=1S/C17H21BNO5/c1-17(2,3)24-16(21)19-9-12-13(18-4)10-7-6-8-11(14(10)23-12)15(20)22-5/h6-8H,9H2,1-5H3,(H,19,21). The summed E-state index contributed by atoms with van der Waals surface area (Å²) in [7, 11) is 3.20. The number of ether oxygens (including phenoxy) is 2. The first kappa shape index (κ1) is 17.9. The van der Waals surface area contributed by atoms with Crippen molar-refractivity contribution in [2.75, 3.05) is 7.11 Å². The average molecular weight is 330 g/mol. The van der Waals surface area contributed by atoms with Gasteiger partial charge in [-0.05, 0) is 32.3 Å². The first-order chi connectivity index (χ1) is 11.3. The van der Waals surface area contributed by atoms with Gasteiger partial charge in [-0.2, -0.15) is 0 Å². The number of rotatable bonds is 4. The van der Waals surface area contributed by atoms with Crippen LogP contribution in [-0.4, -0.2) is 32.1 Å². The fourth-order valence-electron chi connectivity index (χ4n) is 2.37. The zero-order valence-electron chi connectivity index (χ0n) is 14.6. The molecule has 0 bridgehead atoms. The van der Waals surface area contributed by atoms with E-state index >= 15 is 0 Å². The van der Waals surface area contributed by atoms with Crippen LogP contribution in [-0.2, 0) is 16.0 Å². The number of hydrogen-bond donors (Lipinski definition) is 1. The number of furan rings is 1. The summed E-state index contributed by atoms with van der Waals surface area (Å²) in [4.78, 5) is 23.7. The quantitative estimate of drug-likeness (QED) is 0.689. The van der Waals surface area contributed by atoms with Crippen LogP contribution >= 0.6 is 0 Å². The lowest BCUT2D eigenvalue weighted by molar-refractivity contribution is 0.0518. The number of esters is 1. The Balaban J connectivity index is 2.30. The molecule has 0 atom stereocenters. The fraction of sp³-hybridized carbons (Fsp3) is 0.412. The normalized spacial score (nSPS) is 11.2. The van der Waals surface area contributed by atoms with Crippen molar-refractivity contribution in [3.63, 3.8) is 0 Å². The van der Waals surface area contributed by atoms with Gasteiger partial charge in [0, 0.05) is 5.39 Å². The monoisotopic (exact) mass is 330 g/mol. The van der Waals surface area contributed by atoms with Crippen molar-refractivity contribution in [1.29, 1.82) is 0 Å². The van der Waals surface area contributed by atoms with Crippen LogP contribution in [0.3, 0.4) is 0 Å². The predicted molar refractivity (Wildman–Crippen MR) is 91.9 cm³/mol. The van der Waals surface area contributed by atoms with Gasteiger partial charge in [0.2, 0.25) is 0 Å². The van der Waals surface area contributed by atoms with E-state index in [0.29, 0.717) is 16.9 Å². The zero-order chi connectivity index (χ0) is 17.9. The summed E-state index contributed by atoms with van der Waals surface area (Å²) in [5, 5.41) is 3.46. The number of methoxy groups -OCH3 is 1. The second kappa shape index (κ2) is 6.99. The molecule has 1 heterocycles. The smallest absolute Gasteiger partial charge is 0.408 e. The molecule has 7 heteroatoms. The van der Waals surface area contributed by atoms with Gasteiger partial charge in [0.1, 0.15) is 22.5 Å². The molecular formula is C17H21BNO5. The highest BCUT2D eigenvalue weighted by Gasteiger charge is 2.21. The lowest BCUT2D eigenvalue weighted by atomic mass is 9.71. The van der Waals surface area contributed by atoms with Crippen molar-refractivity contribution in [1.82, 2.24) is 5.32 Å². The summed E-state index contributed by atoms with van der Waals surface area (Å²) in [5.41, 5.74) is 1.04. The molecule has 0 spiro atoms. The molecule has 2 rings (SSSR count). The number of carbonyl (C=O) groups is 2. The number of hydrogen-bond acceptors (Lipinski definition) is 5. The molecule has 0 fully saturated rings. The molecule has 0 aliphatic carbocycles. The highest BCUT2D eigenvalue weighted by atomic mass is 16.6. The van der Waals surface area contributed by atoms with Crippen molar-refractivity contribution >= 4 is 35.8 Å². The van der Waals surface area contributed by atoms with E-state index in [1.807, 2.05) is 20.2 Å². The number of nitrogens with one attached hydrogen (secondary N) is 1. The summed E-state index contributed by atoms with van der Waals surface area (Å²) in [6.45, 7) is 7.40. The van der Waals surface area contributed by atoms with Crippen molar-refractivity contribution in [3.8, 4) is 0 Å². The number of para-hydroxylation sites is 1. The third-order valence-corrected chi connectivity index (χ3v) is 3.32. The Morgan fingerprint density at radius 1 is 1.29 bits per heavy atom. The van der Waals surface area contributed by atoms with E-state index in [2.05, 4.69) is 5.32 Å². The molecule has 1 amide bonds. The molecule has 1 N–H and O–H groups in total. The zero-order valence-corrected chi connectivity index (χ0v) is 14.6. The molecule has 1 radical (unpaired) electrons. The van der Waals surface area contributed by atoms with Crippen LogP contribution in [0.25, 0.3) is 11.0 Å². The van der Waals surface area contributed by atoms with Gasteiger partial charge in [-0.3, -0.25) is 0 Å². The summed E-state index contributed by atoms with van der Waals surface area (Å²) in [6, 6.07) is 5.27. The van der Waals surface area contributed by atoms with Gasteiger partial charge in [0.25, 0.3) is 0 Å². The third kappa shape index (κ3) is 3.90. The van der Waals surface area contributed by atoms with Crippen molar-refractivity contribution in [2.45, 2.75) is 39.7 Å². The first-order valence-corrected chi connectivity index (χ1v) is 7.65. The van der Waals surface area contributed by atoms with Crippen molar-refractivity contribution < 1.29 is 23.5 Å². The SMILES string of the molecule is C[B]c1c(CNC(=O)OC(C)(C)C)oc2c(C(=O)OC)cccc12. The molecule has 0 saturated carbocycles. The Bertz CT molecular complexity index is 760. The van der Waals surface area contributed by atoms with Gasteiger partial charge in [0.15, 0.2) is 7.28 Å². The molecule has 1 aromatic carbocycles. The second-order valence-corrected chi connectivity index (χ2v) is 6.26. The highest BCUT2D eigenvalue weighted by Crippen LogP contribution is 2.22. The van der Waals surface area contributed by atoms with E-state index in [9.17, 15) is 9.59 Å². The van der Waals surface area contributed by atoms with E-state index < -0.39 is 17.7 Å². The minimum Gasteiger partial charge on any atom is -0.465 e. The van der Waals surface area contributed by atoms with Crippen LogP contribution in [0.2, 0.25) is 6.82 Å². The van der Waals surface area contributed by atoms with Crippen molar-refractivity contribution in [2.24, 2.45) is 0 Å². The molecule has 24 heavy (non-hydrogen) atoms. The van der Waals surface area contributed by atoms with E-state index in [1.165, 1.54) is 7.11 Å². The van der Waals surface area contributed by atoms with Gasteiger partial charge >= 0.3 is 12.1 Å². The van der Waals surface area contributed by atoms with Crippen LogP contribution in [0.15, 0.2) is 22.6 Å². The van der Waals surface area contributed by atoms with E-state index in [-0.39, 0.29) is 6.54 Å². The molecule has 0 aliphatic rings. The Morgan fingerprint density at radius 3 is 2.58 bits per heavy atom. The molecule has 0 saturated heterocycles. The fourth-order valence-corrected chi connectivity index (χ4v) is 2.37. The largest absolute Gasteiger partial charge is 0.465 e. The molecule has 1 aromatic heterocycles. The molecule has 0 unspecified atom stereocenters. The lowest BCUT2D eigenvalue weighted by Gasteiger charge is -2.19. The van der Waals surface area contributed by atoms with E-state index in [1.54, 1.807) is 32.9 Å². The first-order valence-electron chi connectivity index (χ1n) is 7.65. The highest BCUT2D eigenvalue weighted by molar-refractivity contribution is 6.56. The van der Waals surface area contributed by atoms with Gasteiger partial charge < -0.3 is 19.2 Å². The van der Waals surface area contributed by atoms with Crippen LogP contribution in [0.1, 0.15) is 36.9 Å². The number of benzene rings is 1. The Kier molecular flexibility index (Phi) is 5.21. The summed E-state index contributed by atoms with van der Waals surface area (Å²) >= 11 is 0. The predicted octanol–water partition coefficient (Wildman–Crippen LogP) is 2.62. The minimum atomic E-state index is -0.574. The summed E-state index contributed by atoms with van der Waals surface area (Å²) < 4.78 is 15.8. The molecule has 2 aromatic rings. The summed E-state index contributed by atoms with van der Waals surface area (Å²) in [5.74, 6) is 0.0818. The van der Waals surface area contributed by atoms with Crippen LogP contribution in [0.5, 0.6) is 0 Å². The molecule has 127 valence electrons. The molecule has 6 nitrogen and oxygen atoms in total. The van der Waals surface area contributed by atoms with Gasteiger partial charge in [0.05, 0.1) is 13.7 Å². The minimum absolute atomic E-state index is 0.157. The van der Waals surface area contributed by atoms with Crippen LogP contribution in [0, 0.1) is 0 Å². The Morgan fingerprint density at radius 2 is 2.00 bits per heavy atom. The van der Waals surface area contributed by atoms with Crippen LogP contribution < -0.4 is 10.8 Å². The third-order valence-electron chi connectivity index (χ3n) is 3.32. The topological polar surface area (TPSA) is 77.8 Å². The summed E-state index contributed by atoms with van der Waals surface area (Å²) in [6.07, 6.45) is -0.529. The Hall–Kier alpha value is -2.44. The number of fused-ring (bicyclic) bond motifs is 1. The van der Waals surface area contributed by atoms with Gasteiger partial charge in [-0.1, -0.05) is 19.0 Å². The van der Waals surface area contributed by atoms with Crippen molar-refractivity contribution in [3.05, 3.63) is 29.5 Å². The molecule has 0 aliphatic heterocycles. The van der Waals surface area contributed by atoms with E-state index in [4.69, 9.17) is 13.9 Å². The maximum Gasteiger partial charge on any atom is 0.408 e. The Labute approximate surface area is 141 Å². The van der Waals surface area contributed by atoms with Gasteiger partial charge in [-0.25, -0.2) is 9.59 Å². The maximum atomic E-state index is 11.9. The van der Waals surface area contributed by atoms with E-state index in [0.717, 1.165) is 10.8 Å². The van der Waals surface area contributed by atoms with Gasteiger partial charge in [-0.15, -0.1) is 0 Å². The number of alkyl carbamates (subject to hydrolysis) is 1. The maximum absolute atomic E-state index is 11.9. The number of amides is 1. The molecular weight excluding hydrogens is 309 g/mol. The lowest BCUT2D eigenvalue weighted by Crippen LogP contribution is -2.33. The number of carbonyl (C=O) groups excluding carboxylic acids is 2. The average Bonchev–Trinajstić information content (AvgIpc) is 2.87. The second-order valence-electron chi connectivity index (χ2n) is 6.26. The van der Waals surface area contributed by atoms with Crippen LogP contribution in [0.4, 0.5) is 4.79 Å².